The maximum atomic E-state index is 13.3. The number of hydrogen-bond donors (Lipinski definition) is 1. The Morgan fingerprint density at radius 3 is 2.40 bits per heavy atom. The molecule has 1 aromatic carbocycles. The summed E-state index contributed by atoms with van der Waals surface area (Å²) in [6.45, 7) is 6.65. The summed E-state index contributed by atoms with van der Waals surface area (Å²) in [5.41, 5.74) is 1.95. The topological polar surface area (TPSA) is 15.3 Å². The Bertz CT molecular complexity index is 308. The molecule has 1 rings (SSSR count). The zero-order valence-corrected chi connectivity index (χ0v) is 9.68. The normalized spacial score (nSPS) is 10.4. The van der Waals surface area contributed by atoms with Crippen LogP contribution in [0.4, 0.5) is 10.1 Å². The van der Waals surface area contributed by atoms with E-state index < -0.39 is 0 Å². The zero-order valence-electron chi connectivity index (χ0n) is 9.68. The van der Waals surface area contributed by atoms with Gasteiger partial charge in [-0.15, -0.1) is 0 Å². The first-order chi connectivity index (χ1) is 7.21. The van der Waals surface area contributed by atoms with Gasteiger partial charge in [0.1, 0.15) is 5.82 Å². The molecule has 0 fully saturated rings. The Kier molecular flexibility index (Phi) is 4.56. The van der Waals surface area contributed by atoms with Crippen LogP contribution in [0.25, 0.3) is 0 Å². The fourth-order valence-electron chi connectivity index (χ4n) is 1.71. The lowest BCUT2D eigenvalue weighted by atomic mass is 10.1. The highest BCUT2D eigenvalue weighted by Gasteiger charge is 2.05. The van der Waals surface area contributed by atoms with E-state index >= 15 is 0 Å². The highest BCUT2D eigenvalue weighted by Crippen LogP contribution is 2.18. The average molecular weight is 210 g/mol. The molecule has 1 aromatic rings. The molecule has 0 aliphatic carbocycles. The van der Waals surface area contributed by atoms with Crippen LogP contribution < -0.4 is 10.2 Å². The van der Waals surface area contributed by atoms with Crippen LogP contribution in [-0.4, -0.2) is 20.1 Å². The largest absolute Gasteiger partial charge is 0.372 e. The first-order valence-electron chi connectivity index (χ1n) is 5.40. The SMILES string of the molecule is CCN(CC)c1cc(F)cc(CNC)c1. The molecule has 0 radical (unpaired) electrons. The van der Waals surface area contributed by atoms with Crippen LogP contribution in [0, 0.1) is 5.82 Å². The zero-order chi connectivity index (χ0) is 11.3. The first-order valence-corrected chi connectivity index (χ1v) is 5.40. The molecule has 0 saturated carbocycles. The maximum absolute atomic E-state index is 13.3. The predicted molar refractivity (Wildman–Crippen MR) is 62.7 cm³/mol. The van der Waals surface area contributed by atoms with E-state index in [4.69, 9.17) is 0 Å². The Morgan fingerprint density at radius 1 is 1.20 bits per heavy atom. The maximum Gasteiger partial charge on any atom is 0.125 e. The van der Waals surface area contributed by atoms with E-state index in [2.05, 4.69) is 24.1 Å². The van der Waals surface area contributed by atoms with Gasteiger partial charge in [0.25, 0.3) is 0 Å². The van der Waals surface area contributed by atoms with Crippen LogP contribution >= 0.6 is 0 Å². The summed E-state index contributed by atoms with van der Waals surface area (Å²) in [6.07, 6.45) is 0. The summed E-state index contributed by atoms with van der Waals surface area (Å²) in [5, 5.41) is 3.03. The highest BCUT2D eigenvalue weighted by atomic mass is 19.1. The number of hydrogen-bond acceptors (Lipinski definition) is 2. The van der Waals surface area contributed by atoms with Gasteiger partial charge >= 0.3 is 0 Å². The molecule has 3 heteroatoms. The molecular formula is C12H19FN2. The molecule has 0 amide bonds. The van der Waals surface area contributed by atoms with Crippen LogP contribution in [0.1, 0.15) is 19.4 Å². The van der Waals surface area contributed by atoms with Gasteiger partial charge in [0.05, 0.1) is 0 Å². The second-order valence-corrected chi connectivity index (χ2v) is 3.52. The fourth-order valence-corrected chi connectivity index (χ4v) is 1.71. The summed E-state index contributed by atoms with van der Waals surface area (Å²) < 4.78 is 13.3. The van der Waals surface area contributed by atoms with Gasteiger partial charge in [-0.1, -0.05) is 0 Å². The third-order valence-corrected chi connectivity index (χ3v) is 2.45. The van der Waals surface area contributed by atoms with E-state index in [1.165, 1.54) is 0 Å². The van der Waals surface area contributed by atoms with Crippen molar-refractivity contribution in [3.63, 3.8) is 0 Å². The molecule has 0 aromatic heterocycles. The predicted octanol–water partition coefficient (Wildman–Crippen LogP) is 2.39. The van der Waals surface area contributed by atoms with Crippen LogP contribution in [0.5, 0.6) is 0 Å². The van der Waals surface area contributed by atoms with Crippen molar-refractivity contribution in [1.82, 2.24) is 5.32 Å². The summed E-state index contributed by atoms with van der Waals surface area (Å²) in [4.78, 5) is 2.14. The van der Waals surface area contributed by atoms with Crippen LogP contribution in [0.2, 0.25) is 0 Å². The highest BCUT2D eigenvalue weighted by molar-refractivity contribution is 5.48. The summed E-state index contributed by atoms with van der Waals surface area (Å²) >= 11 is 0. The second kappa shape index (κ2) is 5.71. The number of anilines is 1. The molecule has 2 nitrogen and oxygen atoms in total. The molecule has 0 aliphatic rings. The van der Waals surface area contributed by atoms with Crippen molar-refractivity contribution < 1.29 is 4.39 Å². The monoisotopic (exact) mass is 210 g/mol. The van der Waals surface area contributed by atoms with Crippen molar-refractivity contribution in [2.24, 2.45) is 0 Å². The molecule has 0 spiro atoms. The number of benzene rings is 1. The number of halogens is 1. The van der Waals surface area contributed by atoms with Gasteiger partial charge in [0.15, 0.2) is 0 Å². The molecular weight excluding hydrogens is 191 g/mol. The Balaban J connectivity index is 2.96. The van der Waals surface area contributed by atoms with Crippen molar-refractivity contribution in [3.05, 3.63) is 29.6 Å². The third-order valence-electron chi connectivity index (χ3n) is 2.45. The van der Waals surface area contributed by atoms with E-state index in [-0.39, 0.29) is 5.82 Å². The standard InChI is InChI=1S/C12H19FN2/c1-4-15(5-2)12-7-10(9-14-3)6-11(13)8-12/h6-8,14H,4-5,9H2,1-3H3. The Morgan fingerprint density at radius 2 is 1.87 bits per heavy atom. The molecule has 0 aliphatic heterocycles. The summed E-state index contributed by atoms with van der Waals surface area (Å²) in [6, 6.07) is 5.20. The minimum atomic E-state index is -0.162. The molecule has 0 unspecified atom stereocenters. The number of nitrogens with one attached hydrogen (secondary N) is 1. The van der Waals surface area contributed by atoms with Gasteiger partial charge in [-0.2, -0.15) is 0 Å². The van der Waals surface area contributed by atoms with Gasteiger partial charge in [0.2, 0.25) is 0 Å². The summed E-state index contributed by atoms with van der Waals surface area (Å²) in [7, 11) is 1.86. The van der Waals surface area contributed by atoms with E-state index in [0.29, 0.717) is 6.54 Å². The molecule has 1 N–H and O–H groups in total. The quantitative estimate of drug-likeness (QED) is 0.802. The van der Waals surface area contributed by atoms with Crippen molar-refractivity contribution in [2.75, 3.05) is 25.0 Å². The van der Waals surface area contributed by atoms with Gasteiger partial charge in [-0.05, 0) is 44.7 Å². The third kappa shape index (κ3) is 3.20. The minimum absolute atomic E-state index is 0.162. The lowest BCUT2D eigenvalue weighted by Gasteiger charge is -2.21. The molecule has 15 heavy (non-hydrogen) atoms. The fraction of sp³-hybridized carbons (Fsp3) is 0.500. The first kappa shape index (κ1) is 12.0. The van der Waals surface area contributed by atoms with Crippen LogP contribution in [-0.2, 0) is 6.54 Å². The Hall–Kier alpha value is -1.09. The van der Waals surface area contributed by atoms with Gasteiger partial charge in [-0.3, -0.25) is 0 Å². The lowest BCUT2D eigenvalue weighted by molar-refractivity contribution is 0.622. The van der Waals surface area contributed by atoms with E-state index in [1.807, 2.05) is 13.1 Å². The van der Waals surface area contributed by atoms with Crippen LogP contribution in [0.3, 0.4) is 0 Å². The van der Waals surface area contributed by atoms with Crippen molar-refractivity contribution in [3.8, 4) is 0 Å². The molecule has 0 atom stereocenters. The van der Waals surface area contributed by atoms with E-state index in [1.54, 1.807) is 12.1 Å². The molecule has 0 saturated heterocycles. The van der Waals surface area contributed by atoms with Gasteiger partial charge in [0, 0.05) is 25.3 Å². The van der Waals surface area contributed by atoms with Crippen LogP contribution in [0.15, 0.2) is 18.2 Å². The van der Waals surface area contributed by atoms with Crippen molar-refractivity contribution in [2.45, 2.75) is 20.4 Å². The second-order valence-electron chi connectivity index (χ2n) is 3.52. The van der Waals surface area contributed by atoms with Crippen molar-refractivity contribution >= 4 is 5.69 Å². The lowest BCUT2D eigenvalue weighted by Crippen LogP contribution is -2.22. The molecule has 0 bridgehead atoms. The van der Waals surface area contributed by atoms with E-state index in [0.717, 1.165) is 24.3 Å². The van der Waals surface area contributed by atoms with Crippen molar-refractivity contribution in [1.29, 1.82) is 0 Å². The minimum Gasteiger partial charge on any atom is -0.372 e. The van der Waals surface area contributed by atoms with Gasteiger partial charge in [-0.25, -0.2) is 4.39 Å². The number of nitrogens with zero attached hydrogens (tertiary/aromatic N) is 1. The average Bonchev–Trinajstić information content (AvgIpc) is 2.19. The smallest absolute Gasteiger partial charge is 0.125 e. The summed E-state index contributed by atoms with van der Waals surface area (Å²) in [5.74, 6) is -0.162. The van der Waals surface area contributed by atoms with E-state index in [9.17, 15) is 4.39 Å². The van der Waals surface area contributed by atoms with Gasteiger partial charge < -0.3 is 10.2 Å². The Labute approximate surface area is 91.1 Å². The molecule has 0 heterocycles. The number of rotatable bonds is 5. The molecule has 84 valence electrons.